The van der Waals surface area contributed by atoms with Crippen molar-refractivity contribution in [2.24, 2.45) is 11.7 Å². The van der Waals surface area contributed by atoms with E-state index < -0.39 is 0 Å². The van der Waals surface area contributed by atoms with Gasteiger partial charge in [-0.05, 0) is 43.0 Å². The first-order valence-electron chi connectivity index (χ1n) is 6.19. The lowest BCUT2D eigenvalue weighted by atomic mass is 9.98. The second-order valence-electron chi connectivity index (χ2n) is 4.64. The first-order valence-corrected chi connectivity index (χ1v) is 6.94. The summed E-state index contributed by atoms with van der Waals surface area (Å²) in [6, 6.07) is 5.29. The van der Waals surface area contributed by atoms with Crippen LogP contribution in [0.2, 0.25) is 10.0 Å². The number of nitrogens with two attached hydrogens (primary N) is 1. The van der Waals surface area contributed by atoms with Crippen LogP contribution in [0.15, 0.2) is 18.2 Å². The summed E-state index contributed by atoms with van der Waals surface area (Å²) in [4.78, 5) is 11.9. The van der Waals surface area contributed by atoms with Crippen LogP contribution >= 0.6 is 23.2 Å². The zero-order valence-corrected chi connectivity index (χ0v) is 12.1. The molecule has 0 amide bonds. The number of halogens is 2. The molecule has 0 saturated heterocycles. The largest absolute Gasteiger partial charge is 0.330 e. The fourth-order valence-corrected chi connectivity index (χ4v) is 2.35. The summed E-state index contributed by atoms with van der Waals surface area (Å²) in [5.41, 5.74) is 6.21. The highest BCUT2D eigenvalue weighted by atomic mass is 35.5. The normalized spacial score (nSPS) is 12.4. The SMILES string of the molecule is CC(CCN)CCC(=O)Cc1c(Cl)cccc1Cl. The number of Topliss-reactive ketones (excluding diaryl/α,β-unsaturated/α-hetero) is 1. The van der Waals surface area contributed by atoms with Crippen molar-refractivity contribution in [3.8, 4) is 0 Å². The van der Waals surface area contributed by atoms with Crippen molar-refractivity contribution < 1.29 is 4.79 Å². The average molecular weight is 288 g/mol. The van der Waals surface area contributed by atoms with E-state index in [4.69, 9.17) is 28.9 Å². The molecule has 0 aliphatic rings. The van der Waals surface area contributed by atoms with E-state index in [1.165, 1.54) is 0 Å². The van der Waals surface area contributed by atoms with Crippen molar-refractivity contribution in [2.45, 2.75) is 32.6 Å². The Morgan fingerprint density at radius 2 is 1.89 bits per heavy atom. The number of hydrogen-bond donors (Lipinski definition) is 1. The van der Waals surface area contributed by atoms with Gasteiger partial charge in [0.2, 0.25) is 0 Å². The molecule has 0 aliphatic heterocycles. The molecular weight excluding hydrogens is 269 g/mol. The number of benzene rings is 1. The van der Waals surface area contributed by atoms with Gasteiger partial charge in [-0.3, -0.25) is 4.79 Å². The summed E-state index contributed by atoms with van der Waals surface area (Å²) in [6.45, 7) is 2.79. The molecule has 18 heavy (non-hydrogen) atoms. The number of hydrogen-bond acceptors (Lipinski definition) is 2. The van der Waals surface area contributed by atoms with Crippen LogP contribution in [0.5, 0.6) is 0 Å². The minimum atomic E-state index is 0.175. The maximum Gasteiger partial charge on any atom is 0.137 e. The highest BCUT2D eigenvalue weighted by molar-refractivity contribution is 6.36. The van der Waals surface area contributed by atoms with Crippen LogP contribution in [0.25, 0.3) is 0 Å². The molecule has 0 bridgehead atoms. The lowest BCUT2D eigenvalue weighted by Crippen LogP contribution is -2.09. The quantitative estimate of drug-likeness (QED) is 0.827. The Balaban J connectivity index is 2.50. The highest BCUT2D eigenvalue weighted by Crippen LogP contribution is 2.25. The van der Waals surface area contributed by atoms with Gasteiger partial charge in [-0.1, -0.05) is 36.2 Å². The predicted octanol–water partition coefficient (Wildman–Crippen LogP) is 3.87. The summed E-state index contributed by atoms with van der Waals surface area (Å²) < 4.78 is 0. The van der Waals surface area contributed by atoms with Crippen LogP contribution in [0.4, 0.5) is 0 Å². The Morgan fingerprint density at radius 3 is 2.44 bits per heavy atom. The van der Waals surface area contributed by atoms with Crippen molar-refractivity contribution in [3.05, 3.63) is 33.8 Å². The van der Waals surface area contributed by atoms with E-state index in [9.17, 15) is 4.79 Å². The topological polar surface area (TPSA) is 43.1 Å². The minimum Gasteiger partial charge on any atom is -0.330 e. The molecule has 100 valence electrons. The van der Waals surface area contributed by atoms with Gasteiger partial charge in [-0.2, -0.15) is 0 Å². The third-order valence-corrected chi connectivity index (χ3v) is 3.72. The number of ketones is 1. The van der Waals surface area contributed by atoms with Gasteiger partial charge >= 0.3 is 0 Å². The molecule has 0 radical (unpaired) electrons. The lowest BCUT2D eigenvalue weighted by molar-refractivity contribution is -0.118. The van der Waals surface area contributed by atoms with E-state index in [0.717, 1.165) is 18.4 Å². The summed E-state index contributed by atoms with van der Waals surface area (Å²) in [5.74, 6) is 0.662. The fraction of sp³-hybridized carbons (Fsp3) is 0.500. The van der Waals surface area contributed by atoms with E-state index in [1.807, 2.05) is 0 Å². The summed E-state index contributed by atoms with van der Waals surface area (Å²) in [7, 11) is 0. The molecule has 2 nitrogen and oxygen atoms in total. The first kappa shape index (κ1) is 15.5. The maximum absolute atomic E-state index is 11.9. The zero-order chi connectivity index (χ0) is 13.5. The first-order chi connectivity index (χ1) is 8.54. The third-order valence-electron chi connectivity index (χ3n) is 3.01. The molecule has 0 spiro atoms. The molecule has 1 rings (SSSR count). The standard InChI is InChI=1S/C14H19Cl2NO/c1-10(7-8-17)5-6-11(18)9-12-13(15)3-2-4-14(12)16/h2-4,10H,5-9,17H2,1H3. The lowest BCUT2D eigenvalue weighted by Gasteiger charge is -2.10. The molecule has 1 aromatic rings. The molecular formula is C14H19Cl2NO. The number of carbonyl (C=O) groups excluding carboxylic acids is 1. The van der Waals surface area contributed by atoms with Gasteiger partial charge in [-0.25, -0.2) is 0 Å². The van der Waals surface area contributed by atoms with E-state index in [-0.39, 0.29) is 5.78 Å². The number of carbonyl (C=O) groups is 1. The van der Waals surface area contributed by atoms with Gasteiger partial charge in [0.1, 0.15) is 5.78 Å². The zero-order valence-electron chi connectivity index (χ0n) is 10.6. The summed E-state index contributed by atoms with van der Waals surface area (Å²) in [6.07, 6.45) is 2.70. The van der Waals surface area contributed by atoms with Crippen LogP contribution in [0, 0.1) is 5.92 Å². The van der Waals surface area contributed by atoms with Crippen LogP contribution < -0.4 is 5.73 Å². The fourth-order valence-electron chi connectivity index (χ4n) is 1.82. The monoisotopic (exact) mass is 287 g/mol. The Hall–Kier alpha value is -0.570. The van der Waals surface area contributed by atoms with Gasteiger partial charge in [0.25, 0.3) is 0 Å². The van der Waals surface area contributed by atoms with Gasteiger partial charge in [0.05, 0.1) is 0 Å². The molecule has 0 heterocycles. The van der Waals surface area contributed by atoms with Gasteiger partial charge in [0.15, 0.2) is 0 Å². The molecule has 1 unspecified atom stereocenters. The van der Waals surface area contributed by atoms with Gasteiger partial charge in [-0.15, -0.1) is 0 Å². The molecule has 1 atom stereocenters. The van der Waals surface area contributed by atoms with Crippen molar-refractivity contribution in [2.75, 3.05) is 6.54 Å². The second-order valence-corrected chi connectivity index (χ2v) is 5.45. The van der Waals surface area contributed by atoms with Crippen LogP contribution in [-0.2, 0) is 11.2 Å². The van der Waals surface area contributed by atoms with Crippen molar-refractivity contribution in [3.63, 3.8) is 0 Å². The second kappa shape index (κ2) is 7.78. The molecule has 0 saturated carbocycles. The Morgan fingerprint density at radius 1 is 1.28 bits per heavy atom. The van der Waals surface area contributed by atoms with E-state index in [1.54, 1.807) is 18.2 Å². The molecule has 0 aliphatic carbocycles. The Kier molecular flexibility index (Phi) is 6.69. The van der Waals surface area contributed by atoms with E-state index >= 15 is 0 Å². The van der Waals surface area contributed by atoms with Gasteiger partial charge < -0.3 is 5.73 Å². The smallest absolute Gasteiger partial charge is 0.137 e. The van der Waals surface area contributed by atoms with Crippen LogP contribution in [0.1, 0.15) is 31.7 Å². The molecule has 4 heteroatoms. The predicted molar refractivity (Wildman–Crippen MR) is 77.2 cm³/mol. The Labute approximate surface area is 118 Å². The summed E-state index contributed by atoms with van der Waals surface area (Å²) >= 11 is 12.1. The molecule has 2 N–H and O–H groups in total. The van der Waals surface area contributed by atoms with Crippen molar-refractivity contribution >= 4 is 29.0 Å². The van der Waals surface area contributed by atoms with E-state index in [0.29, 0.717) is 35.3 Å². The third kappa shape index (κ3) is 4.97. The van der Waals surface area contributed by atoms with Gasteiger partial charge in [0, 0.05) is 22.9 Å². The highest BCUT2D eigenvalue weighted by Gasteiger charge is 2.12. The Bertz CT molecular complexity index is 387. The van der Waals surface area contributed by atoms with E-state index in [2.05, 4.69) is 6.92 Å². The maximum atomic E-state index is 11.9. The number of rotatable bonds is 7. The van der Waals surface area contributed by atoms with Crippen molar-refractivity contribution in [1.82, 2.24) is 0 Å². The summed E-state index contributed by atoms with van der Waals surface area (Å²) in [5, 5.41) is 1.12. The average Bonchev–Trinajstić information content (AvgIpc) is 2.32. The van der Waals surface area contributed by atoms with Crippen LogP contribution in [-0.4, -0.2) is 12.3 Å². The molecule has 1 aromatic carbocycles. The van der Waals surface area contributed by atoms with Crippen LogP contribution in [0.3, 0.4) is 0 Å². The molecule has 0 fully saturated rings. The molecule has 0 aromatic heterocycles. The minimum absolute atomic E-state index is 0.175. The van der Waals surface area contributed by atoms with Crippen molar-refractivity contribution in [1.29, 1.82) is 0 Å².